The first kappa shape index (κ1) is 39.8. The van der Waals surface area contributed by atoms with E-state index >= 15 is 0 Å². The number of anilines is 2. The van der Waals surface area contributed by atoms with Crippen LogP contribution in [0.5, 0.6) is 5.75 Å². The van der Waals surface area contributed by atoms with Crippen LogP contribution in [0.1, 0.15) is 99.5 Å². The van der Waals surface area contributed by atoms with Gasteiger partial charge < -0.3 is 19.6 Å². The standard InChI is InChI=1S/C51H57N7O2S/c1-33-35(3)61-50-46(33)48(52-34(2)49-54-53-36(4)58(49)50)39-13-18-41(19-14-39)56-25-23-51(60-5,24-26-56)32-55-27-29-57(30-28-55)42-16-11-38(12-17-42)47-44(37-9-7-6-8-10-37)21-15-40-31-43(59)20-22-45(40)47/h6-14,16-20,22,31,34,44,47,59H,15,21,23-30,32H2,1-5H3/t34-,44+,47-/m0/s1. The lowest BCUT2D eigenvalue weighted by molar-refractivity contribution is -0.0540. The van der Waals surface area contributed by atoms with Gasteiger partial charge in [0, 0.05) is 86.2 Å². The molecule has 10 rings (SSSR count). The molecule has 0 unspecified atom stereocenters. The van der Waals surface area contributed by atoms with Crippen LogP contribution in [0.4, 0.5) is 11.4 Å². The number of rotatable bonds is 8. The number of hydrogen-bond donors (Lipinski definition) is 1. The number of ether oxygens (including phenoxy) is 1. The van der Waals surface area contributed by atoms with Gasteiger partial charge in [0.05, 0.1) is 11.3 Å². The summed E-state index contributed by atoms with van der Waals surface area (Å²) in [7, 11) is 1.92. The summed E-state index contributed by atoms with van der Waals surface area (Å²) >= 11 is 1.80. The van der Waals surface area contributed by atoms with Crippen LogP contribution >= 0.6 is 11.3 Å². The minimum Gasteiger partial charge on any atom is -0.508 e. The maximum Gasteiger partial charge on any atom is 0.162 e. The molecule has 2 saturated heterocycles. The number of phenols is 1. The Labute approximate surface area is 364 Å². The lowest BCUT2D eigenvalue weighted by Crippen LogP contribution is -2.56. The molecule has 314 valence electrons. The van der Waals surface area contributed by atoms with E-state index in [0.717, 1.165) is 94.4 Å². The number of aromatic hydroxyl groups is 1. The molecule has 2 aromatic heterocycles. The van der Waals surface area contributed by atoms with Crippen LogP contribution in [-0.2, 0) is 11.2 Å². The Hall–Kier alpha value is -5.29. The van der Waals surface area contributed by atoms with Crippen molar-refractivity contribution in [1.82, 2.24) is 19.7 Å². The number of aliphatic imine (C=N–C) groups is 1. The lowest BCUT2D eigenvalue weighted by Gasteiger charge is -2.46. The first-order valence-electron chi connectivity index (χ1n) is 22.1. The number of aromatic nitrogens is 3. The molecule has 0 amide bonds. The number of thiophene rings is 1. The first-order valence-corrected chi connectivity index (χ1v) is 23.0. The van der Waals surface area contributed by atoms with Crippen molar-refractivity contribution in [3.63, 3.8) is 0 Å². The maximum atomic E-state index is 10.3. The van der Waals surface area contributed by atoms with Crippen molar-refractivity contribution < 1.29 is 9.84 Å². The van der Waals surface area contributed by atoms with Gasteiger partial charge in [-0.3, -0.25) is 14.5 Å². The Balaban J connectivity index is 0.772. The summed E-state index contributed by atoms with van der Waals surface area (Å²) in [5.74, 6) is 2.83. The average Bonchev–Trinajstić information content (AvgIpc) is 3.79. The zero-order valence-electron chi connectivity index (χ0n) is 36.1. The normalized spacial score (nSPS) is 21.3. The number of nitrogens with zero attached hydrogens (tertiary/aromatic N) is 7. The summed E-state index contributed by atoms with van der Waals surface area (Å²) in [5.41, 5.74) is 12.4. The van der Waals surface area contributed by atoms with Crippen molar-refractivity contribution in [3.05, 3.63) is 153 Å². The van der Waals surface area contributed by atoms with Crippen molar-refractivity contribution in [2.75, 3.05) is 62.7 Å². The molecule has 3 aliphatic heterocycles. The van der Waals surface area contributed by atoms with Gasteiger partial charge in [-0.25, -0.2) is 0 Å². The van der Waals surface area contributed by atoms with E-state index in [2.05, 4.69) is 135 Å². The van der Waals surface area contributed by atoms with E-state index in [1.807, 2.05) is 26.2 Å². The van der Waals surface area contributed by atoms with E-state index < -0.39 is 0 Å². The minimum atomic E-state index is -0.143. The Kier molecular flexibility index (Phi) is 10.6. The largest absolute Gasteiger partial charge is 0.508 e. The van der Waals surface area contributed by atoms with Gasteiger partial charge in [-0.05, 0) is 124 Å². The van der Waals surface area contributed by atoms with E-state index in [4.69, 9.17) is 9.73 Å². The van der Waals surface area contributed by atoms with E-state index in [-0.39, 0.29) is 17.6 Å². The Morgan fingerprint density at radius 1 is 0.787 bits per heavy atom. The van der Waals surface area contributed by atoms with E-state index in [9.17, 15) is 5.11 Å². The molecule has 4 aliphatic rings. The molecule has 5 heterocycles. The SMILES string of the molecule is COC1(CN2CCN(c3ccc([C@@H]4c5ccc(O)cc5CC[C@@H]4c4ccccc4)cc3)CC2)CCN(c2ccc(C3=N[C@@H](C)c4nnc(C)n4-c4sc(C)c(C)c43)cc2)CC1. The van der Waals surface area contributed by atoms with Gasteiger partial charge >= 0.3 is 0 Å². The van der Waals surface area contributed by atoms with Crippen molar-refractivity contribution >= 4 is 28.4 Å². The monoisotopic (exact) mass is 831 g/mol. The van der Waals surface area contributed by atoms with Gasteiger partial charge in [0.15, 0.2) is 5.82 Å². The van der Waals surface area contributed by atoms with Crippen LogP contribution in [0.25, 0.3) is 5.00 Å². The molecule has 1 N–H and O–H groups in total. The molecule has 4 aromatic carbocycles. The van der Waals surface area contributed by atoms with Gasteiger partial charge in [0.2, 0.25) is 0 Å². The molecule has 1 aliphatic carbocycles. The predicted octanol–water partition coefficient (Wildman–Crippen LogP) is 9.54. The van der Waals surface area contributed by atoms with E-state index in [1.54, 1.807) is 11.3 Å². The van der Waals surface area contributed by atoms with Crippen molar-refractivity contribution in [2.24, 2.45) is 4.99 Å². The smallest absolute Gasteiger partial charge is 0.162 e. The van der Waals surface area contributed by atoms with Gasteiger partial charge in [-0.15, -0.1) is 21.5 Å². The molecule has 10 heteroatoms. The zero-order chi connectivity index (χ0) is 41.8. The molecule has 6 aromatic rings. The highest BCUT2D eigenvalue weighted by Gasteiger charge is 2.38. The summed E-state index contributed by atoms with van der Waals surface area (Å²) in [4.78, 5) is 14.3. The highest BCUT2D eigenvalue weighted by molar-refractivity contribution is 7.15. The van der Waals surface area contributed by atoms with Crippen LogP contribution in [0.15, 0.2) is 102 Å². The Bertz CT molecular complexity index is 2550. The van der Waals surface area contributed by atoms with Crippen LogP contribution in [0, 0.1) is 20.8 Å². The van der Waals surface area contributed by atoms with Crippen molar-refractivity contribution in [2.45, 2.75) is 76.9 Å². The topological polar surface area (TPSA) is 82.2 Å². The highest BCUT2D eigenvalue weighted by atomic mass is 32.1. The number of phenolic OH excluding ortho intramolecular Hbond substituents is 1. The maximum absolute atomic E-state index is 10.3. The fourth-order valence-electron chi connectivity index (χ4n) is 10.7. The molecule has 2 fully saturated rings. The van der Waals surface area contributed by atoms with Crippen molar-refractivity contribution in [1.29, 1.82) is 0 Å². The second kappa shape index (κ2) is 16.2. The van der Waals surface area contributed by atoms with E-state index in [0.29, 0.717) is 11.7 Å². The van der Waals surface area contributed by atoms with Gasteiger partial charge in [0.1, 0.15) is 22.6 Å². The van der Waals surface area contributed by atoms with Gasteiger partial charge in [0.25, 0.3) is 0 Å². The summed E-state index contributed by atoms with van der Waals surface area (Å²) in [6.45, 7) is 15.5. The molecule has 0 spiro atoms. The molecule has 3 atom stereocenters. The Morgan fingerprint density at radius 2 is 1.48 bits per heavy atom. The minimum absolute atomic E-state index is 0.0915. The summed E-state index contributed by atoms with van der Waals surface area (Å²) in [5, 5.41) is 20.4. The van der Waals surface area contributed by atoms with Crippen LogP contribution in [0.3, 0.4) is 0 Å². The second-order valence-electron chi connectivity index (χ2n) is 17.8. The first-order chi connectivity index (χ1) is 29.7. The molecule has 0 radical (unpaired) electrons. The molecular formula is C51H57N7O2S. The fraction of sp³-hybridized carbons (Fsp3) is 0.392. The lowest BCUT2D eigenvalue weighted by atomic mass is 9.69. The number of aryl methyl sites for hydroxylation is 3. The molecule has 61 heavy (non-hydrogen) atoms. The summed E-state index contributed by atoms with van der Waals surface area (Å²) < 4.78 is 8.60. The number of benzene rings is 4. The van der Waals surface area contributed by atoms with Crippen LogP contribution in [-0.4, -0.2) is 89.0 Å². The quantitative estimate of drug-likeness (QED) is 0.164. The third-order valence-electron chi connectivity index (χ3n) is 14.3. The predicted molar refractivity (Wildman–Crippen MR) is 248 cm³/mol. The van der Waals surface area contributed by atoms with Gasteiger partial charge in [-0.1, -0.05) is 60.7 Å². The zero-order valence-corrected chi connectivity index (χ0v) is 37.0. The number of piperazine rings is 1. The van der Waals surface area contributed by atoms with Crippen molar-refractivity contribution in [3.8, 4) is 10.8 Å². The van der Waals surface area contributed by atoms with Gasteiger partial charge in [-0.2, -0.15) is 0 Å². The second-order valence-corrected chi connectivity index (χ2v) is 19.0. The average molecular weight is 832 g/mol. The highest BCUT2D eigenvalue weighted by Crippen LogP contribution is 2.47. The van der Waals surface area contributed by atoms with Crippen LogP contribution < -0.4 is 9.80 Å². The molecule has 9 nitrogen and oxygen atoms in total. The number of fused-ring (bicyclic) bond motifs is 4. The number of piperidine rings is 1. The third-order valence-corrected chi connectivity index (χ3v) is 15.5. The number of methoxy groups -OCH3 is 1. The fourth-order valence-corrected chi connectivity index (χ4v) is 11.9. The summed E-state index contributed by atoms with van der Waals surface area (Å²) in [6, 6.07) is 35.3. The molecule has 0 bridgehead atoms. The molecular weight excluding hydrogens is 775 g/mol. The summed E-state index contributed by atoms with van der Waals surface area (Å²) in [6.07, 6.45) is 4.06. The number of hydrogen-bond acceptors (Lipinski definition) is 9. The molecule has 0 saturated carbocycles. The third kappa shape index (κ3) is 7.36. The van der Waals surface area contributed by atoms with Crippen LogP contribution in [0.2, 0.25) is 0 Å². The Morgan fingerprint density at radius 3 is 2.18 bits per heavy atom. The van der Waals surface area contributed by atoms with E-state index in [1.165, 1.54) is 54.6 Å².